The molecule has 3 rings (SSSR count). The van der Waals surface area contributed by atoms with Crippen LogP contribution in [0, 0.1) is 47.3 Å². The van der Waals surface area contributed by atoms with Crippen molar-refractivity contribution in [2.24, 2.45) is 47.3 Å². The molecule has 2 heterocycles. The van der Waals surface area contributed by atoms with E-state index in [9.17, 15) is 43.2 Å². The van der Waals surface area contributed by atoms with Gasteiger partial charge in [0.25, 0.3) is 0 Å². The molecule has 1 aliphatic rings. The number of aromatic nitrogens is 1. The monoisotopic (exact) mass is 1320 g/mol. The van der Waals surface area contributed by atoms with Gasteiger partial charge in [0.15, 0.2) is 0 Å². The van der Waals surface area contributed by atoms with Gasteiger partial charge in [-0.25, -0.2) is 0 Å². The Bertz CT molecular complexity index is 3000. The van der Waals surface area contributed by atoms with Gasteiger partial charge in [0.2, 0.25) is 70.9 Å². The van der Waals surface area contributed by atoms with E-state index in [0.29, 0.717) is 24.8 Å². The Hall–Kier alpha value is -7.60. The van der Waals surface area contributed by atoms with E-state index in [1.807, 2.05) is 45.0 Å². The van der Waals surface area contributed by atoms with Crippen molar-refractivity contribution in [1.82, 2.24) is 65.0 Å². The SMILES string of the molecule is CC[C@H](C)[C@@H]1NC(=O)[C@H](C(C)C)N(C)C(=O)[C@H](Cc2c[nH]c3ccccc23)NC(=O)CN(C)C(=O)[C@H]([C@@H](C)CC)N(C)C(=O)[C@@H](C(C)C)NC(=O)CN(C)C(=O)[C@H]([C@@H](C)CC)N(C)C(=O)[C@H](C(C)C)N(C)C(=O)CN(C)C(=O)[C@H](C(C)C)N(C)C(=O)[C@@H](C(C)C)N(C)C1=O. The van der Waals surface area contributed by atoms with Gasteiger partial charge in [-0.05, 0) is 59.0 Å². The molecule has 1 fully saturated rings. The summed E-state index contributed by atoms with van der Waals surface area (Å²) in [6, 6.07) is -3.25. The van der Waals surface area contributed by atoms with Gasteiger partial charge in [0.1, 0.15) is 54.4 Å². The molecule has 0 radical (unpaired) electrons. The molecule has 1 aromatic heterocycles. The third-order valence-corrected chi connectivity index (χ3v) is 19.1. The van der Waals surface area contributed by atoms with E-state index < -0.39 is 192 Å². The lowest BCUT2D eigenvalue weighted by molar-refractivity contribution is -0.156. The zero-order valence-corrected chi connectivity index (χ0v) is 61.1. The number of hydrogen-bond donors (Lipinski definition) is 4. The lowest BCUT2D eigenvalue weighted by Crippen LogP contribution is -2.63. The Kier molecular flexibility index (Phi) is 30.2. The highest BCUT2D eigenvalue weighted by atomic mass is 16.2. The van der Waals surface area contributed by atoms with Gasteiger partial charge < -0.3 is 65.0 Å². The van der Waals surface area contributed by atoms with E-state index in [0.717, 1.165) is 10.9 Å². The molecule has 1 aliphatic heterocycles. The van der Waals surface area contributed by atoms with E-state index in [-0.39, 0.29) is 6.42 Å². The first-order chi connectivity index (χ1) is 43.7. The van der Waals surface area contributed by atoms with Crippen LogP contribution in [0.5, 0.6) is 0 Å². The number of fused-ring (bicyclic) bond motifs is 1. The third-order valence-electron chi connectivity index (χ3n) is 19.1. The van der Waals surface area contributed by atoms with Crippen LogP contribution in [0.1, 0.15) is 136 Å². The third kappa shape index (κ3) is 19.3. The first kappa shape index (κ1) is 80.6. The molecule has 12 atom stereocenters. The second kappa shape index (κ2) is 35.2. The number of amides is 12. The van der Waals surface area contributed by atoms with Crippen molar-refractivity contribution >= 4 is 81.8 Å². The van der Waals surface area contributed by atoms with Crippen LogP contribution >= 0.6 is 0 Å². The number of aromatic amines is 1. The number of benzene rings is 1. The van der Waals surface area contributed by atoms with E-state index in [1.54, 1.807) is 96.2 Å². The van der Waals surface area contributed by atoms with Crippen molar-refractivity contribution in [2.45, 2.75) is 191 Å². The summed E-state index contributed by atoms with van der Waals surface area (Å²) in [7, 11) is 13.0. The lowest BCUT2D eigenvalue weighted by atomic mass is 9.93. The summed E-state index contributed by atoms with van der Waals surface area (Å²) < 4.78 is 0. The van der Waals surface area contributed by atoms with Crippen LogP contribution in [0.2, 0.25) is 0 Å². The Labute approximate surface area is 559 Å². The maximum Gasteiger partial charge on any atom is 0.246 e. The summed E-state index contributed by atoms with van der Waals surface area (Å²) in [6.07, 6.45) is 2.95. The van der Waals surface area contributed by atoms with Gasteiger partial charge in [-0.2, -0.15) is 0 Å². The number of carbonyl (C=O) groups excluding carboxylic acids is 12. The molecule has 0 unspecified atom stereocenters. The minimum Gasteiger partial charge on any atom is -0.361 e. The van der Waals surface area contributed by atoms with E-state index in [1.165, 1.54) is 108 Å². The van der Waals surface area contributed by atoms with Gasteiger partial charge >= 0.3 is 0 Å². The fraction of sp³-hybridized carbons (Fsp3) is 0.710. The summed E-state index contributed by atoms with van der Waals surface area (Å²) in [6.45, 7) is 26.8. The lowest BCUT2D eigenvalue weighted by Gasteiger charge is -2.41. The Balaban J connectivity index is 2.31. The number of H-pyrrole nitrogens is 1. The molecule has 2 aromatic rings. The van der Waals surface area contributed by atoms with Gasteiger partial charge in [0, 0.05) is 86.9 Å². The normalized spacial score (nSPS) is 25.5. The maximum absolute atomic E-state index is 15.2. The molecule has 528 valence electrons. The highest BCUT2D eigenvalue weighted by molar-refractivity contribution is 6.00. The van der Waals surface area contributed by atoms with Crippen molar-refractivity contribution in [3.63, 3.8) is 0 Å². The molecule has 0 aliphatic carbocycles. The second-order valence-electron chi connectivity index (χ2n) is 28.1. The number of likely N-dealkylation sites (N-methyl/N-ethyl adjacent to an activating group) is 9. The van der Waals surface area contributed by atoms with Crippen LogP contribution in [-0.4, -0.2) is 257 Å². The standard InChI is InChI=1S/C69H115N13O12/c1-26-43(14)54-64(89)79(22)58(42(12)13)69(94)80(23)56(40(8)9)65(90)76(19)37-52(85)77(20)57(41(10)11)68(93)82(25)60(45(16)28-3)67(92)75(18)36-51(84)72-53(38(4)5)63(88)81(24)59(44(15)27-2)66(91)74(17)35-50(83)71-49(33-46-34-70-48-32-30-29-31-47(46)48)62(87)78(21)55(39(6)7)61(86)73-54/h29-32,34,38-45,49,53-60,70H,26-28,33,35-37H2,1-25H3,(H,71,83)(H,72,84)(H,73,86)/t43-,44-,45-,49-,53+,54-,55-,56-,57-,58+,59-,60-/m0/s1. The van der Waals surface area contributed by atoms with Crippen LogP contribution in [0.25, 0.3) is 10.9 Å². The van der Waals surface area contributed by atoms with E-state index in [2.05, 4.69) is 20.9 Å². The Morgan fingerprint density at radius 1 is 0.383 bits per heavy atom. The van der Waals surface area contributed by atoms with Gasteiger partial charge in [0.05, 0.1) is 19.6 Å². The molecule has 94 heavy (non-hydrogen) atoms. The molecule has 1 aromatic carbocycles. The number of nitrogens with one attached hydrogen (secondary N) is 4. The van der Waals surface area contributed by atoms with Crippen LogP contribution < -0.4 is 16.0 Å². The van der Waals surface area contributed by atoms with Crippen molar-refractivity contribution < 1.29 is 57.5 Å². The predicted molar refractivity (Wildman–Crippen MR) is 363 cm³/mol. The smallest absolute Gasteiger partial charge is 0.246 e. The predicted octanol–water partition coefficient (Wildman–Crippen LogP) is 3.93. The second-order valence-corrected chi connectivity index (χ2v) is 28.1. The summed E-state index contributed by atoms with van der Waals surface area (Å²) in [5.41, 5.74) is 1.44. The minimum absolute atomic E-state index is 0.0528. The molecular formula is C69H115N13O12. The van der Waals surface area contributed by atoms with E-state index >= 15 is 14.4 Å². The minimum atomic E-state index is -1.32. The fourth-order valence-corrected chi connectivity index (χ4v) is 12.9. The summed E-state index contributed by atoms with van der Waals surface area (Å²) >= 11 is 0. The first-order valence-corrected chi connectivity index (χ1v) is 33.4. The average molecular weight is 1320 g/mol. The molecule has 0 saturated carbocycles. The van der Waals surface area contributed by atoms with Crippen molar-refractivity contribution in [3.05, 3.63) is 36.0 Å². The number of hydrogen-bond acceptors (Lipinski definition) is 12. The van der Waals surface area contributed by atoms with Crippen molar-refractivity contribution in [3.8, 4) is 0 Å². The van der Waals surface area contributed by atoms with Crippen LogP contribution in [0.4, 0.5) is 0 Å². The van der Waals surface area contributed by atoms with E-state index in [4.69, 9.17) is 0 Å². The fourth-order valence-electron chi connectivity index (χ4n) is 12.9. The average Bonchev–Trinajstić information content (AvgIpc) is 0.902. The zero-order valence-electron chi connectivity index (χ0n) is 61.1. The number of carbonyl (C=O) groups is 12. The van der Waals surface area contributed by atoms with Crippen molar-refractivity contribution in [1.29, 1.82) is 0 Å². The molecular weight excluding hydrogens is 1200 g/mol. The maximum atomic E-state index is 15.2. The van der Waals surface area contributed by atoms with Gasteiger partial charge in [-0.15, -0.1) is 0 Å². The topological polar surface area (TPSA) is 286 Å². The van der Waals surface area contributed by atoms with Gasteiger partial charge in [-0.3, -0.25) is 57.5 Å². The van der Waals surface area contributed by atoms with Crippen LogP contribution in [0.3, 0.4) is 0 Å². The molecule has 0 spiro atoms. The first-order valence-electron chi connectivity index (χ1n) is 33.4. The summed E-state index contributed by atoms with van der Waals surface area (Å²) in [5.74, 6) is -11.6. The molecule has 25 nitrogen and oxygen atoms in total. The number of rotatable bonds is 13. The van der Waals surface area contributed by atoms with Crippen LogP contribution in [0.15, 0.2) is 30.5 Å². The molecule has 25 heteroatoms. The van der Waals surface area contributed by atoms with Crippen molar-refractivity contribution in [2.75, 3.05) is 83.1 Å². The highest BCUT2D eigenvalue weighted by Gasteiger charge is 2.46. The Morgan fingerprint density at radius 3 is 1.21 bits per heavy atom. The molecule has 4 N–H and O–H groups in total. The highest BCUT2D eigenvalue weighted by Crippen LogP contribution is 2.27. The summed E-state index contributed by atoms with van der Waals surface area (Å²) in [5, 5.41) is 9.40. The van der Waals surface area contributed by atoms with Gasteiger partial charge in [-0.1, -0.05) is 148 Å². The Morgan fingerprint density at radius 2 is 0.755 bits per heavy atom. The summed E-state index contributed by atoms with van der Waals surface area (Å²) in [4.78, 5) is 191. The number of nitrogens with zero attached hydrogens (tertiary/aromatic N) is 9. The molecule has 1 saturated heterocycles. The largest absolute Gasteiger partial charge is 0.361 e. The quantitative estimate of drug-likeness (QED) is 0.222. The molecule has 0 bridgehead atoms. The van der Waals surface area contributed by atoms with Crippen LogP contribution in [-0.2, 0) is 64.0 Å². The molecule has 12 amide bonds. The number of para-hydroxylation sites is 1. The zero-order chi connectivity index (χ0) is 72.0.